The maximum absolute atomic E-state index is 12.0. The largest absolute Gasteiger partial charge is 0.300 e. The number of Topliss-reactive ketones (excluding diaryl/α,β-unsaturated/α-hetero) is 1. The maximum Gasteiger partial charge on any atom is 0.277 e. The van der Waals surface area contributed by atoms with E-state index < -0.39 is 0 Å². The van der Waals surface area contributed by atoms with Gasteiger partial charge in [0.15, 0.2) is 5.78 Å². The molecule has 88 valence electrons. The Morgan fingerprint density at radius 2 is 2.06 bits per heavy atom. The first-order valence-electron chi connectivity index (χ1n) is 5.09. The zero-order valence-corrected chi connectivity index (χ0v) is 10.5. The van der Waals surface area contributed by atoms with Crippen LogP contribution in [0.4, 0.5) is 0 Å². The molecule has 0 aliphatic carbocycles. The molecule has 0 saturated carbocycles. The van der Waals surface area contributed by atoms with Crippen molar-refractivity contribution in [3.63, 3.8) is 0 Å². The van der Waals surface area contributed by atoms with E-state index in [4.69, 9.17) is 11.6 Å². The van der Waals surface area contributed by atoms with Crippen LogP contribution in [-0.4, -0.2) is 15.3 Å². The molecular formula is C12H11ClN2O2. The van der Waals surface area contributed by atoms with Gasteiger partial charge in [-0.25, -0.2) is 4.98 Å². The summed E-state index contributed by atoms with van der Waals surface area (Å²) in [6.07, 6.45) is 0. The Balaban J connectivity index is 3.05. The van der Waals surface area contributed by atoms with E-state index in [0.717, 1.165) is 0 Å². The molecule has 2 heterocycles. The quantitative estimate of drug-likeness (QED) is 0.575. The molecule has 0 radical (unpaired) electrons. The molecule has 2 aromatic heterocycles. The van der Waals surface area contributed by atoms with E-state index in [2.05, 4.69) is 4.98 Å². The molecule has 0 aliphatic heterocycles. The van der Waals surface area contributed by atoms with Gasteiger partial charge in [0.1, 0.15) is 10.7 Å². The normalized spacial score (nSPS) is 10.8. The molecule has 0 unspecified atom stereocenters. The minimum atomic E-state index is -0.293. The summed E-state index contributed by atoms with van der Waals surface area (Å²) in [6, 6.07) is 3.27. The third kappa shape index (κ3) is 1.85. The molecule has 0 amide bonds. The van der Waals surface area contributed by atoms with E-state index in [1.807, 2.05) is 0 Å². The van der Waals surface area contributed by atoms with Crippen molar-refractivity contribution in [2.24, 2.45) is 7.05 Å². The lowest BCUT2D eigenvalue weighted by Gasteiger charge is -2.08. The summed E-state index contributed by atoms with van der Waals surface area (Å²) < 4.78 is 1.31. The zero-order chi connectivity index (χ0) is 12.7. The number of rotatable bonds is 1. The van der Waals surface area contributed by atoms with Gasteiger partial charge in [-0.15, -0.1) is 0 Å². The van der Waals surface area contributed by atoms with Crippen molar-refractivity contribution >= 4 is 28.3 Å². The second kappa shape index (κ2) is 3.96. The average Bonchev–Trinajstić information content (AvgIpc) is 2.26. The van der Waals surface area contributed by atoms with Crippen LogP contribution in [0.15, 0.2) is 16.9 Å². The third-order valence-electron chi connectivity index (χ3n) is 2.66. The molecule has 0 aromatic carbocycles. The summed E-state index contributed by atoms with van der Waals surface area (Å²) in [5, 5.41) is 0.798. The Morgan fingerprint density at radius 1 is 1.41 bits per heavy atom. The molecule has 0 bridgehead atoms. The smallest absolute Gasteiger partial charge is 0.277 e. The molecule has 0 fully saturated rings. The molecule has 0 aliphatic rings. The highest BCUT2D eigenvalue weighted by molar-refractivity contribution is 6.30. The Hall–Kier alpha value is -1.68. The fourth-order valence-electron chi connectivity index (χ4n) is 1.76. The summed E-state index contributed by atoms with van der Waals surface area (Å²) in [6.45, 7) is 3.21. The number of halogens is 1. The molecule has 2 aromatic rings. The van der Waals surface area contributed by atoms with Crippen molar-refractivity contribution in [1.82, 2.24) is 9.55 Å². The molecule has 0 N–H and O–H groups in total. The maximum atomic E-state index is 12.0. The van der Waals surface area contributed by atoms with Gasteiger partial charge in [-0.05, 0) is 26.0 Å². The number of pyridine rings is 2. The van der Waals surface area contributed by atoms with Gasteiger partial charge in [-0.3, -0.25) is 9.59 Å². The van der Waals surface area contributed by atoms with Crippen molar-refractivity contribution in [1.29, 1.82) is 0 Å². The highest BCUT2D eigenvalue weighted by Crippen LogP contribution is 2.19. The van der Waals surface area contributed by atoms with E-state index in [-0.39, 0.29) is 22.0 Å². The summed E-state index contributed by atoms with van der Waals surface area (Å²) in [5.74, 6) is -0.107. The van der Waals surface area contributed by atoms with Gasteiger partial charge in [0, 0.05) is 23.7 Å². The van der Waals surface area contributed by atoms with Crippen LogP contribution < -0.4 is 5.56 Å². The summed E-state index contributed by atoms with van der Waals surface area (Å²) in [5.41, 5.74) is 1.11. The van der Waals surface area contributed by atoms with Gasteiger partial charge in [-0.2, -0.15) is 0 Å². The van der Waals surface area contributed by atoms with Gasteiger partial charge in [0.25, 0.3) is 5.56 Å². The molecule has 0 spiro atoms. The van der Waals surface area contributed by atoms with Crippen LogP contribution in [0.1, 0.15) is 23.0 Å². The monoisotopic (exact) mass is 250 g/mol. The third-order valence-corrected chi connectivity index (χ3v) is 3.02. The number of aryl methyl sites for hydroxylation is 1. The van der Waals surface area contributed by atoms with Crippen LogP contribution >= 0.6 is 11.6 Å². The zero-order valence-electron chi connectivity index (χ0n) is 9.74. The number of carbonyl (C=O) groups is 1. The number of ketones is 1. The first-order valence-corrected chi connectivity index (χ1v) is 5.47. The van der Waals surface area contributed by atoms with Crippen LogP contribution in [0, 0.1) is 6.92 Å². The van der Waals surface area contributed by atoms with E-state index in [1.165, 1.54) is 11.5 Å². The lowest BCUT2D eigenvalue weighted by Crippen LogP contribution is -2.19. The van der Waals surface area contributed by atoms with Gasteiger partial charge in [0.2, 0.25) is 0 Å². The van der Waals surface area contributed by atoms with Gasteiger partial charge in [0.05, 0.1) is 0 Å². The van der Waals surface area contributed by atoms with Crippen LogP contribution in [-0.2, 0) is 7.05 Å². The van der Waals surface area contributed by atoms with Crippen molar-refractivity contribution in [3.05, 3.63) is 38.9 Å². The first-order chi connectivity index (χ1) is 7.91. The molecular weight excluding hydrogens is 240 g/mol. The second-order valence-electron chi connectivity index (χ2n) is 3.96. The standard InChI is InChI=1S/C12H11ClN2O2/c1-6-4-8(7(2)16)9-5-10(13)15(3)12(17)11(9)14-6/h4-5H,1-3H3. The van der Waals surface area contributed by atoms with Crippen LogP contribution in [0.5, 0.6) is 0 Å². The minimum Gasteiger partial charge on any atom is -0.300 e. The SMILES string of the molecule is CC(=O)c1cc(C)nc2c(=O)n(C)c(Cl)cc12. The number of fused-ring (bicyclic) bond motifs is 1. The molecule has 0 atom stereocenters. The predicted molar refractivity (Wildman–Crippen MR) is 66.7 cm³/mol. The minimum absolute atomic E-state index is 0.107. The highest BCUT2D eigenvalue weighted by Gasteiger charge is 2.13. The van der Waals surface area contributed by atoms with Crippen molar-refractivity contribution in [2.75, 3.05) is 0 Å². The van der Waals surface area contributed by atoms with Gasteiger partial charge < -0.3 is 4.57 Å². The Labute approximate surface area is 103 Å². The first kappa shape index (κ1) is 11.8. The van der Waals surface area contributed by atoms with Crippen LogP contribution in [0.2, 0.25) is 5.15 Å². The van der Waals surface area contributed by atoms with Crippen LogP contribution in [0.3, 0.4) is 0 Å². The fraction of sp³-hybridized carbons (Fsp3) is 0.250. The van der Waals surface area contributed by atoms with Crippen LogP contribution in [0.25, 0.3) is 10.9 Å². The lowest BCUT2D eigenvalue weighted by molar-refractivity contribution is 0.101. The second-order valence-corrected chi connectivity index (χ2v) is 4.35. The summed E-state index contributed by atoms with van der Waals surface area (Å²) in [7, 11) is 1.57. The fourth-order valence-corrected chi connectivity index (χ4v) is 1.94. The number of hydrogen-bond acceptors (Lipinski definition) is 3. The average molecular weight is 251 g/mol. The molecule has 4 nitrogen and oxygen atoms in total. The number of nitrogens with zero attached hydrogens (tertiary/aromatic N) is 2. The summed E-state index contributed by atoms with van der Waals surface area (Å²) >= 11 is 5.93. The Bertz CT molecular complexity index is 689. The topological polar surface area (TPSA) is 52.0 Å². The molecule has 0 saturated heterocycles. The van der Waals surface area contributed by atoms with E-state index in [0.29, 0.717) is 16.6 Å². The Kier molecular flexibility index (Phi) is 2.75. The molecule has 5 heteroatoms. The van der Waals surface area contributed by atoms with E-state index >= 15 is 0 Å². The number of hydrogen-bond donors (Lipinski definition) is 0. The van der Waals surface area contributed by atoms with Crippen molar-refractivity contribution in [3.8, 4) is 0 Å². The van der Waals surface area contributed by atoms with Gasteiger partial charge in [-0.1, -0.05) is 11.6 Å². The van der Waals surface area contributed by atoms with E-state index in [9.17, 15) is 9.59 Å². The molecule has 17 heavy (non-hydrogen) atoms. The van der Waals surface area contributed by atoms with E-state index in [1.54, 1.807) is 26.1 Å². The van der Waals surface area contributed by atoms with Crippen molar-refractivity contribution in [2.45, 2.75) is 13.8 Å². The number of carbonyl (C=O) groups excluding carboxylic acids is 1. The highest BCUT2D eigenvalue weighted by atomic mass is 35.5. The number of aromatic nitrogens is 2. The van der Waals surface area contributed by atoms with Gasteiger partial charge >= 0.3 is 0 Å². The lowest BCUT2D eigenvalue weighted by atomic mass is 10.1. The molecule has 2 rings (SSSR count). The van der Waals surface area contributed by atoms with Crippen molar-refractivity contribution < 1.29 is 4.79 Å². The summed E-state index contributed by atoms with van der Waals surface area (Å²) in [4.78, 5) is 27.7. The Morgan fingerprint density at radius 3 is 2.65 bits per heavy atom. The predicted octanol–water partition coefficient (Wildman–Crippen LogP) is 2.10.